The quantitative estimate of drug-likeness (QED) is 0.116. The number of halogens is 6. The minimum atomic E-state index is -4.74. The monoisotopic (exact) mass is 647 g/mol. The number of benzodiazepines with no additional fused rings is 1. The third-order valence-electron chi connectivity index (χ3n) is 6.74. The minimum absolute atomic E-state index is 0.0163. The van der Waals surface area contributed by atoms with Crippen LogP contribution in [-0.2, 0) is 9.59 Å². The Morgan fingerprint density at radius 3 is 2.23 bits per heavy atom. The maximum atomic E-state index is 13.6. The first-order valence-corrected chi connectivity index (χ1v) is 14.5. The lowest BCUT2D eigenvalue weighted by atomic mass is 9.83. The predicted octanol–water partition coefficient (Wildman–Crippen LogP) is 5.12. The number of rotatable bonds is 13. The summed E-state index contributed by atoms with van der Waals surface area (Å²) in [6.45, 7) is -0.140. The normalized spacial score (nSPS) is 17.3. The van der Waals surface area contributed by atoms with Crippen molar-refractivity contribution in [2.24, 2.45) is 22.6 Å². The number of hydrogen-bond donors (Lipinski definition) is 5. The van der Waals surface area contributed by atoms with Crippen LogP contribution in [0.5, 0.6) is 0 Å². The second-order valence-corrected chi connectivity index (χ2v) is 11.2. The van der Waals surface area contributed by atoms with Gasteiger partial charge in [-0.2, -0.15) is 26.3 Å². The van der Waals surface area contributed by atoms with E-state index < -0.39 is 79.3 Å². The lowest BCUT2D eigenvalue weighted by Crippen LogP contribution is -2.48. The molecular formula is C28H31F6N5O4S. The van der Waals surface area contributed by atoms with Gasteiger partial charge in [0, 0.05) is 42.2 Å². The van der Waals surface area contributed by atoms with Gasteiger partial charge in [-0.1, -0.05) is 48.5 Å². The number of carbonyl (C=O) groups excluding carboxylic acids is 2. The second-order valence-electron chi connectivity index (χ2n) is 9.94. The SMILES string of the molecule is NC(SCCNC(=O)O)[C@@H](CCC(F)(F)F)[C@@H](CCC(F)(F)F)C(=O)N[C@H]1N=C(c2ccccc2)c2ccccc2NC1=O. The van der Waals surface area contributed by atoms with E-state index >= 15 is 0 Å². The van der Waals surface area contributed by atoms with Crippen LogP contribution in [0.1, 0.15) is 36.8 Å². The molecule has 2 aromatic carbocycles. The number of nitrogens with two attached hydrogens (primary N) is 1. The zero-order valence-electron chi connectivity index (χ0n) is 23.1. The number of nitrogens with one attached hydrogen (secondary N) is 3. The highest BCUT2D eigenvalue weighted by Gasteiger charge is 2.40. The second kappa shape index (κ2) is 15.3. The molecule has 0 bridgehead atoms. The highest BCUT2D eigenvalue weighted by Crippen LogP contribution is 2.36. The summed E-state index contributed by atoms with van der Waals surface area (Å²) in [5.41, 5.74) is 7.87. The Labute approximate surface area is 253 Å². The van der Waals surface area contributed by atoms with Crippen molar-refractivity contribution in [3.05, 3.63) is 65.7 Å². The zero-order valence-corrected chi connectivity index (χ0v) is 23.9. The molecule has 0 spiro atoms. The first-order valence-electron chi connectivity index (χ1n) is 13.5. The van der Waals surface area contributed by atoms with Gasteiger partial charge in [-0.15, -0.1) is 11.8 Å². The zero-order chi connectivity index (χ0) is 32.5. The fourth-order valence-electron chi connectivity index (χ4n) is 4.68. The molecule has 9 nitrogen and oxygen atoms in total. The summed E-state index contributed by atoms with van der Waals surface area (Å²) in [7, 11) is 0. The van der Waals surface area contributed by atoms with Crippen LogP contribution < -0.4 is 21.7 Å². The van der Waals surface area contributed by atoms with Gasteiger partial charge in [-0.05, 0) is 24.8 Å². The minimum Gasteiger partial charge on any atom is -0.465 e. The van der Waals surface area contributed by atoms with Crippen molar-refractivity contribution < 1.29 is 45.8 Å². The number of fused-ring (bicyclic) bond motifs is 1. The standard InChI is InChI=1S/C28H31F6N5O4S/c29-27(30,31)12-10-17(22(35)44-15-14-36-26(42)43)18(11-13-28(32,33)34)24(40)39-23-25(41)37-20-9-5-4-8-19(20)21(38-23)16-6-2-1-3-7-16/h1-9,17-18,22-23,36H,10-15,35H2,(H,37,41)(H,39,40)(H,42,43)/t17-,18+,22?,23+/m0/s1. The lowest BCUT2D eigenvalue weighted by Gasteiger charge is -2.32. The number of nitrogens with zero attached hydrogens (tertiary/aromatic N) is 1. The molecule has 1 unspecified atom stereocenters. The number of carbonyl (C=O) groups is 3. The molecule has 4 atom stereocenters. The Balaban J connectivity index is 1.95. The van der Waals surface area contributed by atoms with Crippen LogP contribution >= 0.6 is 11.8 Å². The van der Waals surface area contributed by atoms with E-state index in [0.717, 1.165) is 11.8 Å². The van der Waals surface area contributed by atoms with Crippen LogP contribution in [0.3, 0.4) is 0 Å². The fourth-order valence-corrected chi connectivity index (χ4v) is 5.75. The van der Waals surface area contributed by atoms with Crippen LogP contribution in [0.4, 0.5) is 36.8 Å². The Hall–Kier alpha value is -3.79. The summed E-state index contributed by atoms with van der Waals surface area (Å²) in [6, 6.07) is 15.2. The number of para-hydroxylation sites is 1. The van der Waals surface area contributed by atoms with Gasteiger partial charge in [0.05, 0.1) is 16.8 Å². The van der Waals surface area contributed by atoms with Gasteiger partial charge < -0.3 is 26.8 Å². The first kappa shape index (κ1) is 34.7. The number of benzene rings is 2. The highest BCUT2D eigenvalue weighted by atomic mass is 32.2. The van der Waals surface area contributed by atoms with Crippen molar-refractivity contribution in [3.63, 3.8) is 0 Å². The van der Waals surface area contributed by atoms with E-state index in [1.807, 2.05) is 0 Å². The van der Waals surface area contributed by atoms with Gasteiger partial charge >= 0.3 is 18.4 Å². The van der Waals surface area contributed by atoms with Crippen molar-refractivity contribution in [2.75, 3.05) is 17.6 Å². The molecule has 0 aliphatic carbocycles. The van der Waals surface area contributed by atoms with Gasteiger partial charge in [0.15, 0.2) is 0 Å². The van der Waals surface area contributed by atoms with Crippen LogP contribution in [0, 0.1) is 11.8 Å². The highest BCUT2D eigenvalue weighted by molar-refractivity contribution is 7.99. The van der Waals surface area contributed by atoms with Crippen molar-refractivity contribution in [1.29, 1.82) is 0 Å². The van der Waals surface area contributed by atoms with Gasteiger partial charge in [-0.25, -0.2) is 9.79 Å². The van der Waals surface area contributed by atoms with E-state index in [1.54, 1.807) is 54.6 Å². The summed E-state index contributed by atoms with van der Waals surface area (Å²) in [5.74, 6) is -5.06. The van der Waals surface area contributed by atoms with Crippen molar-refractivity contribution in [1.82, 2.24) is 10.6 Å². The molecule has 1 heterocycles. The molecule has 0 radical (unpaired) electrons. The molecule has 2 aromatic rings. The van der Waals surface area contributed by atoms with Crippen molar-refractivity contribution in [2.45, 2.75) is 49.6 Å². The van der Waals surface area contributed by atoms with E-state index in [-0.39, 0.29) is 12.3 Å². The summed E-state index contributed by atoms with van der Waals surface area (Å²) in [6.07, 6.45) is -17.0. The molecule has 0 saturated carbocycles. The third kappa shape index (κ3) is 10.7. The fraction of sp³-hybridized carbons (Fsp3) is 0.429. The van der Waals surface area contributed by atoms with E-state index in [9.17, 15) is 40.7 Å². The smallest absolute Gasteiger partial charge is 0.404 e. The topological polar surface area (TPSA) is 146 Å². The molecule has 1 aliphatic rings. The average molecular weight is 648 g/mol. The largest absolute Gasteiger partial charge is 0.465 e. The van der Waals surface area contributed by atoms with Crippen molar-refractivity contribution >= 4 is 41.1 Å². The maximum absolute atomic E-state index is 13.6. The molecule has 44 heavy (non-hydrogen) atoms. The van der Waals surface area contributed by atoms with E-state index in [0.29, 0.717) is 22.5 Å². The van der Waals surface area contributed by atoms with Gasteiger partial charge in [0.1, 0.15) is 0 Å². The van der Waals surface area contributed by atoms with Crippen LogP contribution in [0.25, 0.3) is 0 Å². The summed E-state index contributed by atoms with van der Waals surface area (Å²) in [5, 5.41) is 14.5. The molecule has 0 saturated heterocycles. The molecule has 1 aliphatic heterocycles. The molecule has 3 rings (SSSR count). The molecule has 3 amide bonds. The molecule has 6 N–H and O–H groups in total. The third-order valence-corrected chi connectivity index (χ3v) is 7.91. The molecule has 0 aromatic heterocycles. The number of thioether (sulfide) groups is 1. The Kier molecular flexibility index (Phi) is 12.0. The predicted molar refractivity (Wildman–Crippen MR) is 153 cm³/mol. The van der Waals surface area contributed by atoms with Crippen LogP contribution in [0.2, 0.25) is 0 Å². The molecular weight excluding hydrogens is 616 g/mol. The van der Waals surface area contributed by atoms with Crippen molar-refractivity contribution in [3.8, 4) is 0 Å². The van der Waals surface area contributed by atoms with E-state index in [1.165, 1.54) is 0 Å². The summed E-state index contributed by atoms with van der Waals surface area (Å²) in [4.78, 5) is 42.0. The number of hydrogen-bond acceptors (Lipinski definition) is 6. The van der Waals surface area contributed by atoms with Crippen LogP contribution in [0.15, 0.2) is 59.6 Å². The molecule has 16 heteroatoms. The van der Waals surface area contributed by atoms with Gasteiger partial charge in [0.25, 0.3) is 5.91 Å². The Morgan fingerprint density at radius 1 is 0.977 bits per heavy atom. The van der Waals surface area contributed by atoms with E-state index in [4.69, 9.17) is 10.8 Å². The summed E-state index contributed by atoms with van der Waals surface area (Å²) >= 11 is 0.812. The number of alkyl halides is 6. The van der Waals surface area contributed by atoms with Gasteiger partial charge in [-0.3, -0.25) is 9.59 Å². The lowest BCUT2D eigenvalue weighted by molar-refractivity contribution is -0.148. The first-order chi connectivity index (χ1) is 20.6. The maximum Gasteiger partial charge on any atom is 0.404 e. The number of amides is 3. The summed E-state index contributed by atoms with van der Waals surface area (Å²) < 4.78 is 79.7. The van der Waals surface area contributed by atoms with E-state index in [2.05, 4.69) is 20.9 Å². The van der Waals surface area contributed by atoms with Gasteiger partial charge in [0.2, 0.25) is 12.1 Å². The number of anilines is 1. The van der Waals surface area contributed by atoms with Crippen LogP contribution in [-0.4, -0.2) is 64.9 Å². The Bertz CT molecular complexity index is 1330. The number of carboxylic acid groups (broad SMARTS) is 1. The molecule has 240 valence electrons. The Morgan fingerprint density at radius 2 is 1.59 bits per heavy atom. The number of aliphatic imine (C=N–C) groups is 1. The molecule has 0 fully saturated rings. The average Bonchev–Trinajstić information content (AvgIpc) is 3.07.